The van der Waals surface area contributed by atoms with Gasteiger partial charge in [-0.05, 0) is 31.0 Å². The fraction of sp³-hybridized carbons (Fsp3) is 0.500. The molecule has 0 saturated heterocycles. The molecule has 0 aliphatic rings. The van der Waals surface area contributed by atoms with Crippen molar-refractivity contribution in [1.29, 1.82) is 0 Å². The minimum Gasteiger partial charge on any atom is -0.508 e. The molecule has 0 aliphatic carbocycles. The van der Waals surface area contributed by atoms with Gasteiger partial charge in [-0.2, -0.15) is 5.48 Å². The zero-order valence-corrected chi connectivity index (χ0v) is 9.83. The maximum atomic E-state index is 13.0. The van der Waals surface area contributed by atoms with Crippen molar-refractivity contribution < 1.29 is 14.3 Å². The van der Waals surface area contributed by atoms with Crippen LogP contribution in [0.5, 0.6) is 5.75 Å². The first-order valence-corrected chi connectivity index (χ1v) is 5.36. The highest BCUT2D eigenvalue weighted by Crippen LogP contribution is 2.24. The molecule has 0 heterocycles. The van der Waals surface area contributed by atoms with Crippen LogP contribution in [0, 0.1) is 11.7 Å². The number of aromatic hydroxyl groups is 1. The van der Waals surface area contributed by atoms with E-state index in [4.69, 9.17) is 4.84 Å². The second-order valence-electron chi connectivity index (χ2n) is 4.25. The van der Waals surface area contributed by atoms with Gasteiger partial charge in [0.25, 0.3) is 0 Å². The van der Waals surface area contributed by atoms with Crippen LogP contribution in [-0.4, -0.2) is 11.7 Å². The Morgan fingerprint density at radius 3 is 2.69 bits per heavy atom. The van der Waals surface area contributed by atoms with Crippen LogP contribution in [-0.2, 0) is 4.84 Å². The van der Waals surface area contributed by atoms with E-state index in [1.807, 2.05) is 13.8 Å². The molecule has 0 fully saturated rings. The zero-order chi connectivity index (χ0) is 12.1. The normalized spacial score (nSPS) is 13.1. The molecule has 1 atom stereocenters. The van der Waals surface area contributed by atoms with Gasteiger partial charge >= 0.3 is 0 Å². The molecule has 0 spiro atoms. The van der Waals surface area contributed by atoms with Gasteiger partial charge in [-0.1, -0.05) is 13.8 Å². The van der Waals surface area contributed by atoms with E-state index in [1.54, 1.807) is 6.92 Å². The molecular formula is C12H18FNO2. The predicted octanol–water partition coefficient (Wildman–Crippen LogP) is 2.77. The molecular weight excluding hydrogens is 209 g/mol. The Balaban J connectivity index is 2.58. The zero-order valence-electron chi connectivity index (χ0n) is 9.83. The van der Waals surface area contributed by atoms with Gasteiger partial charge in [0.05, 0.1) is 12.6 Å². The number of hydrogen-bond acceptors (Lipinski definition) is 3. The Morgan fingerprint density at radius 1 is 1.38 bits per heavy atom. The van der Waals surface area contributed by atoms with Crippen molar-refractivity contribution in [2.24, 2.45) is 5.92 Å². The first-order valence-electron chi connectivity index (χ1n) is 5.36. The van der Waals surface area contributed by atoms with Gasteiger partial charge in [0.15, 0.2) is 0 Å². The smallest absolute Gasteiger partial charge is 0.123 e. The summed E-state index contributed by atoms with van der Waals surface area (Å²) >= 11 is 0. The molecule has 4 heteroatoms. The Morgan fingerprint density at radius 2 is 2.06 bits per heavy atom. The fourth-order valence-corrected chi connectivity index (χ4v) is 1.28. The summed E-state index contributed by atoms with van der Waals surface area (Å²) in [5, 5.41) is 9.55. The summed E-state index contributed by atoms with van der Waals surface area (Å²) in [5.74, 6) is 0.112. The Kier molecular flexibility index (Phi) is 4.71. The van der Waals surface area contributed by atoms with Gasteiger partial charge in [-0.15, -0.1) is 0 Å². The summed E-state index contributed by atoms with van der Waals surface area (Å²) < 4.78 is 13.0. The molecule has 3 nitrogen and oxygen atoms in total. The van der Waals surface area contributed by atoms with Crippen LogP contribution >= 0.6 is 0 Å². The summed E-state index contributed by atoms with van der Waals surface area (Å²) in [6.07, 6.45) is 0. The van der Waals surface area contributed by atoms with E-state index in [-0.39, 0.29) is 17.6 Å². The third-order valence-electron chi connectivity index (χ3n) is 2.13. The van der Waals surface area contributed by atoms with Crippen LogP contribution in [0.15, 0.2) is 18.2 Å². The fourth-order valence-electron chi connectivity index (χ4n) is 1.28. The molecule has 0 bridgehead atoms. The van der Waals surface area contributed by atoms with Gasteiger partial charge in [0, 0.05) is 5.56 Å². The van der Waals surface area contributed by atoms with Crippen molar-refractivity contribution in [1.82, 2.24) is 5.48 Å². The van der Waals surface area contributed by atoms with E-state index >= 15 is 0 Å². The minimum absolute atomic E-state index is 0.0644. The maximum Gasteiger partial charge on any atom is 0.123 e. The molecule has 0 aromatic heterocycles. The Hall–Kier alpha value is -1.13. The molecule has 16 heavy (non-hydrogen) atoms. The number of benzene rings is 1. The van der Waals surface area contributed by atoms with Crippen LogP contribution in [0.25, 0.3) is 0 Å². The summed E-state index contributed by atoms with van der Waals surface area (Å²) in [4.78, 5) is 5.22. The van der Waals surface area contributed by atoms with Gasteiger partial charge < -0.3 is 9.94 Å². The third kappa shape index (κ3) is 3.79. The number of rotatable bonds is 5. The second-order valence-corrected chi connectivity index (χ2v) is 4.25. The summed E-state index contributed by atoms with van der Waals surface area (Å²) in [5.41, 5.74) is 3.26. The van der Waals surface area contributed by atoms with Gasteiger partial charge in [0.2, 0.25) is 0 Å². The highest BCUT2D eigenvalue weighted by Gasteiger charge is 2.11. The average molecular weight is 227 g/mol. The molecule has 0 saturated carbocycles. The lowest BCUT2D eigenvalue weighted by molar-refractivity contribution is 0.00363. The van der Waals surface area contributed by atoms with Crippen LogP contribution in [0.4, 0.5) is 4.39 Å². The second kappa shape index (κ2) is 5.82. The number of hydrogen-bond donors (Lipinski definition) is 2. The maximum absolute atomic E-state index is 13.0. The van der Waals surface area contributed by atoms with Gasteiger partial charge in [-0.3, -0.25) is 0 Å². The Labute approximate surface area is 95.2 Å². The standard InChI is InChI=1S/C12H18FNO2/c1-8(2)7-16-14-9(3)11-6-10(13)4-5-12(11)15/h4-6,8-9,14-15H,7H2,1-3H3. The number of phenols is 1. The van der Waals surface area contributed by atoms with E-state index < -0.39 is 0 Å². The van der Waals surface area contributed by atoms with Gasteiger partial charge in [0.1, 0.15) is 11.6 Å². The lowest BCUT2D eigenvalue weighted by Gasteiger charge is -2.16. The van der Waals surface area contributed by atoms with Crippen molar-refractivity contribution >= 4 is 0 Å². The monoisotopic (exact) mass is 227 g/mol. The molecule has 1 aromatic rings. The van der Waals surface area contributed by atoms with Crippen molar-refractivity contribution in [2.75, 3.05) is 6.61 Å². The SMILES string of the molecule is CC(C)CONC(C)c1cc(F)ccc1O. The summed E-state index contributed by atoms with van der Waals surface area (Å²) in [6.45, 7) is 6.44. The van der Waals surface area contributed by atoms with E-state index in [2.05, 4.69) is 5.48 Å². The lowest BCUT2D eigenvalue weighted by Crippen LogP contribution is -2.21. The van der Waals surface area contributed by atoms with Crippen molar-refractivity contribution in [3.05, 3.63) is 29.6 Å². The third-order valence-corrected chi connectivity index (χ3v) is 2.13. The molecule has 1 aromatic carbocycles. The summed E-state index contributed by atoms with van der Waals surface area (Å²) in [6, 6.07) is 3.60. The molecule has 0 radical (unpaired) electrons. The lowest BCUT2D eigenvalue weighted by atomic mass is 10.1. The number of hydroxylamine groups is 1. The number of halogens is 1. The first-order chi connectivity index (χ1) is 7.50. The molecule has 90 valence electrons. The topological polar surface area (TPSA) is 41.5 Å². The Bertz CT molecular complexity index is 342. The average Bonchev–Trinajstić information content (AvgIpc) is 2.21. The highest BCUT2D eigenvalue weighted by molar-refractivity contribution is 5.34. The molecule has 2 N–H and O–H groups in total. The number of nitrogens with one attached hydrogen (secondary N) is 1. The largest absolute Gasteiger partial charge is 0.508 e. The molecule has 1 unspecified atom stereocenters. The van der Waals surface area contributed by atoms with Crippen LogP contribution < -0.4 is 5.48 Å². The quantitative estimate of drug-likeness (QED) is 0.760. The number of phenolic OH excluding ortho intramolecular Hbond substituents is 1. The van der Waals surface area contributed by atoms with Crippen LogP contribution in [0.3, 0.4) is 0 Å². The van der Waals surface area contributed by atoms with Crippen LogP contribution in [0.1, 0.15) is 32.4 Å². The van der Waals surface area contributed by atoms with Crippen molar-refractivity contribution in [2.45, 2.75) is 26.8 Å². The van der Waals surface area contributed by atoms with E-state index in [0.29, 0.717) is 18.1 Å². The predicted molar refractivity (Wildman–Crippen MR) is 60.4 cm³/mol. The molecule has 1 rings (SSSR count). The van der Waals surface area contributed by atoms with E-state index in [0.717, 1.165) is 0 Å². The molecule has 0 amide bonds. The van der Waals surface area contributed by atoms with E-state index in [9.17, 15) is 9.50 Å². The summed E-state index contributed by atoms with van der Waals surface area (Å²) in [7, 11) is 0. The van der Waals surface area contributed by atoms with Gasteiger partial charge in [-0.25, -0.2) is 4.39 Å². The molecule has 0 aliphatic heterocycles. The highest BCUT2D eigenvalue weighted by atomic mass is 19.1. The first kappa shape index (κ1) is 12.9. The van der Waals surface area contributed by atoms with Crippen molar-refractivity contribution in [3.63, 3.8) is 0 Å². The van der Waals surface area contributed by atoms with Crippen LogP contribution in [0.2, 0.25) is 0 Å². The van der Waals surface area contributed by atoms with Crippen molar-refractivity contribution in [3.8, 4) is 5.75 Å². The minimum atomic E-state index is -0.370. The van der Waals surface area contributed by atoms with E-state index in [1.165, 1.54) is 18.2 Å².